The minimum Gasteiger partial charge on any atom is -0.338 e. The van der Waals surface area contributed by atoms with Crippen LogP contribution in [0.1, 0.15) is 54.4 Å². The lowest BCUT2D eigenvalue weighted by Gasteiger charge is -2.38. The maximum atomic E-state index is 13.6. The summed E-state index contributed by atoms with van der Waals surface area (Å²) in [4.78, 5) is 7.05. The van der Waals surface area contributed by atoms with Crippen molar-refractivity contribution in [1.29, 1.82) is 0 Å². The van der Waals surface area contributed by atoms with Crippen molar-refractivity contribution in [2.75, 3.05) is 6.26 Å². The summed E-state index contributed by atoms with van der Waals surface area (Å²) in [6.07, 6.45) is 6.76. The van der Waals surface area contributed by atoms with Crippen LogP contribution < -0.4 is 0 Å². The number of halogens is 1. The third-order valence-electron chi connectivity index (χ3n) is 5.64. The first-order valence-corrected chi connectivity index (χ1v) is 10.4. The van der Waals surface area contributed by atoms with Crippen molar-refractivity contribution in [3.05, 3.63) is 46.9 Å². The molecule has 1 aromatic carbocycles. The summed E-state index contributed by atoms with van der Waals surface area (Å²) in [7, 11) is 0. The van der Waals surface area contributed by atoms with E-state index in [1.54, 1.807) is 17.8 Å². The summed E-state index contributed by atoms with van der Waals surface area (Å²) in [5.41, 5.74) is 2.04. The van der Waals surface area contributed by atoms with E-state index in [0.29, 0.717) is 18.0 Å². The normalized spacial score (nSPS) is 26.3. The zero-order chi connectivity index (χ0) is 17.4. The Bertz CT molecular complexity index is 736. The van der Waals surface area contributed by atoms with Crippen molar-refractivity contribution in [2.45, 2.75) is 62.9 Å². The third kappa shape index (κ3) is 3.47. The monoisotopic (exact) mass is 361 g/mol. The molecule has 3 atom stereocenters. The Morgan fingerprint density at radius 2 is 2.04 bits per heavy atom. The second-order valence-corrected chi connectivity index (χ2v) is 8.14. The molecule has 6 heteroatoms. The second kappa shape index (κ2) is 7.08. The van der Waals surface area contributed by atoms with Crippen LogP contribution in [0.4, 0.5) is 4.39 Å². The summed E-state index contributed by atoms with van der Waals surface area (Å²) >= 11 is 1.70. The van der Waals surface area contributed by atoms with Crippen LogP contribution in [0.25, 0.3) is 0 Å². The van der Waals surface area contributed by atoms with Crippen LogP contribution in [0.15, 0.2) is 22.7 Å². The average molecular weight is 361 g/mol. The molecule has 2 aromatic rings. The minimum atomic E-state index is -0.110. The summed E-state index contributed by atoms with van der Waals surface area (Å²) in [5.74, 6) is 2.73. The van der Waals surface area contributed by atoms with Crippen LogP contribution in [-0.2, 0) is 12.3 Å². The van der Waals surface area contributed by atoms with Gasteiger partial charge in [-0.3, -0.25) is 4.90 Å². The molecule has 2 saturated heterocycles. The van der Waals surface area contributed by atoms with Gasteiger partial charge in [0.25, 0.3) is 0 Å². The molecule has 0 spiro atoms. The van der Waals surface area contributed by atoms with E-state index in [1.807, 2.05) is 25.3 Å². The van der Waals surface area contributed by atoms with Crippen LogP contribution >= 0.6 is 11.8 Å². The average Bonchev–Trinajstić information content (AvgIpc) is 3.12. The third-order valence-corrected chi connectivity index (χ3v) is 6.19. The van der Waals surface area contributed by atoms with Crippen molar-refractivity contribution in [3.63, 3.8) is 0 Å². The molecule has 0 N–H and O–H groups in total. The highest BCUT2D eigenvalue weighted by atomic mass is 32.2. The Morgan fingerprint density at radius 1 is 1.28 bits per heavy atom. The molecule has 4 rings (SSSR count). The van der Waals surface area contributed by atoms with Gasteiger partial charge in [0.15, 0.2) is 5.82 Å². The molecule has 1 aromatic heterocycles. The zero-order valence-corrected chi connectivity index (χ0v) is 15.6. The first-order valence-electron chi connectivity index (χ1n) is 8.96. The van der Waals surface area contributed by atoms with Gasteiger partial charge in [0.1, 0.15) is 5.82 Å². The van der Waals surface area contributed by atoms with Gasteiger partial charge in [-0.15, -0.1) is 0 Å². The molecule has 2 bridgehead atoms. The summed E-state index contributed by atoms with van der Waals surface area (Å²) in [6, 6.07) is 6.73. The fourth-order valence-electron chi connectivity index (χ4n) is 4.42. The van der Waals surface area contributed by atoms with Gasteiger partial charge in [0.05, 0.1) is 12.3 Å². The van der Waals surface area contributed by atoms with Gasteiger partial charge in [0, 0.05) is 12.1 Å². The molecule has 0 aliphatic carbocycles. The van der Waals surface area contributed by atoms with Crippen LogP contribution in [0, 0.1) is 12.7 Å². The summed E-state index contributed by atoms with van der Waals surface area (Å²) in [6.45, 7) is 2.61. The summed E-state index contributed by atoms with van der Waals surface area (Å²) < 4.78 is 19.0. The number of hydrogen-bond acceptors (Lipinski definition) is 5. The molecule has 134 valence electrons. The first-order chi connectivity index (χ1) is 12.1. The van der Waals surface area contributed by atoms with E-state index in [2.05, 4.69) is 15.0 Å². The number of rotatable bonds is 5. The van der Waals surface area contributed by atoms with Gasteiger partial charge in [-0.25, -0.2) is 4.39 Å². The van der Waals surface area contributed by atoms with Crippen LogP contribution in [-0.4, -0.2) is 33.4 Å². The number of piperidine rings is 1. The topological polar surface area (TPSA) is 42.2 Å². The molecule has 0 radical (unpaired) electrons. The molecule has 3 heterocycles. The Hall–Kier alpha value is -1.40. The number of benzene rings is 1. The lowest BCUT2D eigenvalue weighted by Crippen LogP contribution is -2.41. The number of hydrogen-bond donors (Lipinski definition) is 0. The van der Waals surface area contributed by atoms with E-state index >= 15 is 0 Å². The Balaban J connectivity index is 1.45. The van der Waals surface area contributed by atoms with Gasteiger partial charge in [-0.2, -0.15) is 16.7 Å². The Morgan fingerprint density at radius 3 is 2.72 bits per heavy atom. The van der Waals surface area contributed by atoms with E-state index in [-0.39, 0.29) is 5.82 Å². The number of thioether (sulfide) groups is 1. The molecule has 0 amide bonds. The van der Waals surface area contributed by atoms with Gasteiger partial charge >= 0.3 is 0 Å². The molecule has 2 aliphatic heterocycles. The van der Waals surface area contributed by atoms with Crippen molar-refractivity contribution in [1.82, 2.24) is 15.0 Å². The fraction of sp³-hybridized carbons (Fsp3) is 0.579. The predicted octanol–water partition coefficient (Wildman–Crippen LogP) is 4.29. The molecule has 2 fully saturated rings. The highest BCUT2D eigenvalue weighted by Gasteiger charge is 2.41. The van der Waals surface area contributed by atoms with Gasteiger partial charge < -0.3 is 4.52 Å². The maximum Gasteiger partial charge on any atom is 0.240 e. The van der Waals surface area contributed by atoms with Crippen LogP contribution in [0.3, 0.4) is 0 Å². The summed E-state index contributed by atoms with van der Waals surface area (Å²) in [5, 5.41) is 4.05. The first kappa shape index (κ1) is 17.0. The molecule has 1 unspecified atom stereocenters. The van der Waals surface area contributed by atoms with Gasteiger partial charge in [0.2, 0.25) is 5.89 Å². The SMILES string of the molecule is CSCc1noc(CN2[C@@H]3CC[C@H]2CC(c2ccc(F)c(C)c2)C3)n1. The van der Waals surface area contributed by atoms with Crippen molar-refractivity contribution in [2.24, 2.45) is 0 Å². The standard InChI is InChI=1S/C19H24FN3OS/c1-12-7-13(3-6-17(12)20)14-8-15-4-5-16(9-14)23(15)10-19-21-18(11-25-2)22-24-19/h3,6-7,14-16H,4-5,8-11H2,1-2H3/t14?,15-,16+. The van der Waals surface area contributed by atoms with Crippen LogP contribution in [0.2, 0.25) is 0 Å². The molecule has 2 aliphatic rings. The number of fused-ring (bicyclic) bond motifs is 2. The maximum absolute atomic E-state index is 13.6. The molecular formula is C19H24FN3OS. The molecular weight excluding hydrogens is 337 g/mol. The lowest BCUT2D eigenvalue weighted by atomic mass is 9.84. The highest BCUT2D eigenvalue weighted by Crippen LogP contribution is 2.43. The fourth-order valence-corrected chi connectivity index (χ4v) is 4.80. The van der Waals surface area contributed by atoms with Crippen molar-refractivity contribution >= 4 is 11.8 Å². The minimum absolute atomic E-state index is 0.110. The van der Waals surface area contributed by atoms with Crippen molar-refractivity contribution in [3.8, 4) is 0 Å². The highest BCUT2D eigenvalue weighted by molar-refractivity contribution is 7.97. The van der Waals surface area contributed by atoms with E-state index in [9.17, 15) is 4.39 Å². The van der Waals surface area contributed by atoms with Gasteiger partial charge in [-0.1, -0.05) is 17.3 Å². The van der Waals surface area contributed by atoms with Crippen LogP contribution in [0.5, 0.6) is 0 Å². The predicted molar refractivity (Wildman–Crippen MR) is 97.0 cm³/mol. The second-order valence-electron chi connectivity index (χ2n) is 7.27. The number of nitrogens with zero attached hydrogens (tertiary/aromatic N) is 3. The van der Waals surface area contributed by atoms with E-state index in [1.165, 1.54) is 18.4 Å². The molecule has 0 saturated carbocycles. The van der Waals surface area contributed by atoms with Gasteiger partial charge in [-0.05, 0) is 62.0 Å². The smallest absolute Gasteiger partial charge is 0.240 e. The quantitative estimate of drug-likeness (QED) is 0.795. The largest absolute Gasteiger partial charge is 0.338 e. The number of aromatic nitrogens is 2. The lowest BCUT2D eigenvalue weighted by molar-refractivity contribution is 0.104. The number of aryl methyl sites for hydroxylation is 1. The molecule has 4 nitrogen and oxygen atoms in total. The van der Waals surface area contributed by atoms with E-state index < -0.39 is 0 Å². The van der Waals surface area contributed by atoms with E-state index in [4.69, 9.17) is 4.52 Å². The zero-order valence-electron chi connectivity index (χ0n) is 14.7. The molecule has 25 heavy (non-hydrogen) atoms. The Kier molecular flexibility index (Phi) is 4.82. The Labute approximate surface area is 152 Å². The van der Waals surface area contributed by atoms with E-state index in [0.717, 1.165) is 42.4 Å². The van der Waals surface area contributed by atoms with Crippen molar-refractivity contribution < 1.29 is 8.91 Å².